The summed E-state index contributed by atoms with van der Waals surface area (Å²) in [5, 5.41) is 0. The quantitative estimate of drug-likeness (QED) is 0.297. The smallest absolute Gasteiger partial charge is 0.374 e. The Morgan fingerprint density at radius 3 is 2.31 bits per heavy atom. The number of carbonyl (C=O) groups is 3. The molecule has 0 aliphatic heterocycles. The Morgan fingerprint density at radius 2 is 1.88 bits per heavy atom. The van der Waals surface area contributed by atoms with Crippen molar-refractivity contribution in [3.8, 4) is 0 Å². The maximum absolute atomic E-state index is 11.3. The van der Waals surface area contributed by atoms with Crippen molar-refractivity contribution in [2.24, 2.45) is 0 Å². The van der Waals surface area contributed by atoms with Crippen LogP contribution in [0.15, 0.2) is 11.8 Å². The number of Topliss-reactive ketones (excluding diaryl/α,β-unsaturated/α-hetero) is 1. The van der Waals surface area contributed by atoms with Crippen LogP contribution in [0, 0.1) is 0 Å². The lowest BCUT2D eigenvalue weighted by molar-refractivity contribution is -0.152. The fraction of sp³-hybridized carbons (Fsp3) is 0.545. The highest BCUT2D eigenvalue weighted by atomic mass is 16.6. The Kier molecular flexibility index (Phi) is 6.83. The van der Waals surface area contributed by atoms with E-state index in [1.165, 1.54) is 13.0 Å². The minimum Gasteiger partial charge on any atom is -0.460 e. The van der Waals surface area contributed by atoms with Crippen molar-refractivity contribution in [3.63, 3.8) is 0 Å². The summed E-state index contributed by atoms with van der Waals surface area (Å²) in [7, 11) is 0. The predicted molar refractivity (Wildman–Crippen MR) is 56.4 cm³/mol. The topological polar surface area (TPSA) is 69.7 Å². The van der Waals surface area contributed by atoms with E-state index in [4.69, 9.17) is 9.47 Å². The second-order valence-corrected chi connectivity index (χ2v) is 3.14. The summed E-state index contributed by atoms with van der Waals surface area (Å²) < 4.78 is 9.48. The van der Waals surface area contributed by atoms with Gasteiger partial charge < -0.3 is 9.47 Å². The summed E-state index contributed by atoms with van der Waals surface area (Å²) >= 11 is 0. The Hall–Kier alpha value is -1.65. The van der Waals surface area contributed by atoms with Crippen molar-refractivity contribution < 1.29 is 23.9 Å². The maximum atomic E-state index is 11.3. The van der Waals surface area contributed by atoms with Gasteiger partial charge in [-0.1, -0.05) is 6.92 Å². The van der Waals surface area contributed by atoms with Crippen LogP contribution in [0.25, 0.3) is 0 Å². The monoisotopic (exact) mass is 228 g/mol. The van der Waals surface area contributed by atoms with Gasteiger partial charge in [0.25, 0.3) is 0 Å². The number of hydrogen-bond donors (Lipinski definition) is 0. The van der Waals surface area contributed by atoms with Crippen molar-refractivity contribution in [1.82, 2.24) is 0 Å². The molecular weight excluding hydrogens is 212 g/mol. The van der Waals surface area contributed by atoms with E-state index in [0.717, 1.165) is 0 Å². The molecule has 5 heteroatoms. The van der Waals surface area contributed by atoms with Crippen LogP contribution in [0.3, 0.4) is 0 Å². The molecule has 5 nitrogen and oxygen atoms in total. The third-order valence-electron chi connectivity index (χ3n) is 1.52. The number of ketones is 1. The van der Waals surface area contributed by atoms with E-state index in [0.29, 0.717) is 6.42 Å². The summed E-state index contributed by atoms with van der Waals surface area (Å²) in [4.78, 5) is 33.0. The first-order chi connectivity index (χ1) is 7.51. The van der Waals surface area contributed by atoms with Gasteiger partial charge in [0, 0.05) is 0 Å². The molecule has 0 atom stereocenters. The SMILES string of the molecule is C/C=C(\OC(=O)CC(C)=O)C(=O)OCCC. The van der Waals surface area contributed by atoms with Gasteiger partial charge in [0.05, 0.1) is 6.61 Å². The van der Waals surface area contributed by atoms with Crippen LogP contribution < -0.4 is 0 Å². The lowest BCUT2D eigenvalue weighted by Gasteiger charge is -2.07. The van der Waals surface area contributed by atoms with Gasteiger partial charge in [-0.15, -0.1) is 0 Å². The molecule has 0 aliphatic carbocycles. The fourth-order valence-corrected chi connectivity index (χ4v) is 0.846. The molecule has 16 heavy (non-hydrogen) atoms. The molecule has 0 saturated carbocycles. The Labute approximate surface area is 94.4 Å². The Balaban J connectivity index is 4.25. The van der Waals surface area contributed by atoms with E-state index in [-0.39, 0.29) is 24.6 Å². The zero-order valence-electron chi connectivity index (χ0n) is 9.74. The van der Waals surface area contributed by atoms with Crippen molar-refractivity contribution in [1.29, 1.82) is 0 Å². The van der Waals surface area contributed by atoms with E-state index in [2.05, 4.69) is 0 Å². The van der Waals surface area contributed by atoms with Gasteiger partial charge in [0.1, 0.15) is 12.2 Å². The summed E-state index contributed by atoms with van der Waals surface area (Å²) in [5.41, 5.74) is 0. The number of hydrogen-bond acceptors (Lipinski definition) is 5. The lowest BCUT2D eigenvalue weighted by atomic mass is 10.3. The minimum atomic E-state index is -0.756. The number of esters is 2. The number of rotatable bonds is 6. The molecule has 0 spiro atoms. The second-order valence-electron chi connectivity index (χ2n) is 3.14. The Bertz CT molecular complexity index is 303. The van der Waals surface area contributed by atoms with Crippen LogP contribution >= 0.6 is 0 Å². The van der Waals surface area contributed by atoms with E-state index >= 15 is 0 Å². The third-order valence-corrected chi connectivity index (χ3v) is 1.52. The number of ether oxygens (including phenoxy) is 2. The van der Waals surface area contributed by atoms with Crippen molar-refractivity contribution in [2.45, 2.75) is 33.6 Å². The van der Waals surface area contributed by atoms with Crippen molar-refractivity contribution in [3.05, 3.63) is 11.8 Å². The molecule has 90 valence electrons. The highest BCUT2D eigenvalue weighted by Gasteiger charge is 2.16. The van der Waals surface area contributed by atoms with Gasteiger partial charge >= 0.3 is 11.9 Å². The Morgan fingerprint density at radius 1 is 1.25 bits per heavy atom. The summed E-state index contributed by atoms with van der Waals surface area (Å²) in [6.45, 7) is 4.93. The number of carbonyl (C=O) groups excluding carboxylic acids is 3. The van der Waals surface area contributed by atoms with Crippen LogP contribution in [0.5, 0.6) is 0 Å². The highest BCUT2D eigenvalue weighted by molar-refractivity contribution is 5.97. The third kappa shape index (κ3) is 5.95. The largest absolute Gasteiger partial charge is 0.460 e. The van der Waals surface area contributed by atoms with E-state index in [9.17, 15) is 14.4 Å². The molecule has 0 aromatic rings. The van der Waals surface area contributed by atoms with E-state index in [1.807, 2.05) is 6.92 Å². The molecule has 0 rings (SSSR count). The van der Waals surface area contributed by atoms with Crippen molar-refractivity contribution >= 4 is 17.7 Å². The predicted octanol–water partition coefficient (Wildman–Crippen LogP) is 1.37. The second kappa shape index (κ2) is 7.62. The first-order valence-electron chi connectivity index (χ1n) is 5.04. The van der Waals surface area contributed by atoms with Gasteiger partial charge in [-0.05, 0) is 26.3 Å². The van der Waals surface area contributed by atoms with Crippen LogP contribution in [-0.4, -0.2) is 24.3 Å². The van der Waals surface area contributed by atoms with Crippen LogP contribution in [-0.2, 0) is 23.9 Å². The summed E-state index contributed by atoms with van der Waals surface area (Å²) in [6, 6.07) is 0. The van der Waals surface area contributed by atoms with Gasteiger partial charge in [-0.25, -0.2) is 4.79 Å². The van der Waals surface area contributed by atoms with E-state index < -0.39 is 11.9 Å². The number of allylic oxidation sites excluding steroid dienone is 1. The normalized spacial score (nSPS) is 10.8. The average Bonchev–Trinajstić information content (AvgIpc) is 2.21. The standard InChI is InChI=1S/C11H16O5/c1-4-6-15-11(14)9(5-2)16-10(13)7-8(3)12/h5H,4,6-7H2,1-3H3/b9-5-. The fourth-order valence-electron chi connectivity index (χ4n) is 0.846. The zero-order chi connectivity index (χ0) is 12.6. The molecule has 0 unspecified atom stereocenters. The molecule has 0 radical (unpaired) electrons. The van der Waals surface area contributed by atoms with Gasteiger partial charge in [-0.2, -0.15) is 0 Å². The summed E-state index contributed by atoms with van der Waals surface area (Å²) in [5.74, 6) is -1.95. The maximum Gasteiger partial charge on any atom is 0.374 e. The average molecular weight is 228 g/mol. The molecule has 0 heterocycles. The zero-order valence-corrected chi connectivity index (χ0v) is 9.74. The minimum absolute atomic E-state index is 0.181. The highest BCUT2D eigenvalue weighted by Crippen LogP contribution is 2.03. The summed E-state index contributed by atoms with van der Waals surface area (Å²) in [6.07, 6.45) is 1.67. The molecular formula is C11H16O5. The van der Waals surface area contributed by atoms with Gasteiger partial charge in [-0.3, -0.25) is 9.59 Å². The van der Waals surface area contributed by atoms with Crippen LogP contribution in [0.4, 0.5) is 0 Å². The molecule has 0 aromatic carbocycles. The molecule has 0 N–H and O–H groups in total. The molecule has 0 aromatic heterocycles. The van der Waals surface area contributed by atoms with Crippen molar-refractivity contribution in [2.75, 3.05) is 6.61 Å². The molecule has 0 saturated heterocycles. The molecule has 0 aliphatic rings. The van der Waals surface area contributed by atoms with Gasteiger partial charge in [0.2, 0.25) is 5.76 Å². The molecule has 0 bridgehead atoms. The van der Waals surface area contributed by atoms with Crippen LogP contribution in [0.2, 0.25) is 0 Å². The van der Waals surface area contributed by atoms with Gasteiger partial charge in [0.15, 0.2) is 0 Å². The first kappa shape index (κ1) is 14.3. The first-order valence-corrected chi connectivity index (χ1v) is 5.04. The van der Waals surface area contributed by atoms with E-state index in [1.54, 1.807) is 6.92 Å². The molecule has 0 fully saturated rings. The molecule has 0 amide bonds. The van der Waals surface area contributed by atoms with Crippen LogP contribution in [0.1, 0.15) is 33.6 Å². The lowest BCUT2D eigenvalue weighted by Crippen LogP contribution is -2.16.